The summed E-state index contributed by atoms with van der Waals surface area (Å²) in [5.74, 6) is 0.468. The van der Waals surface area contributed by atoms with Gasteiger partial charge in [-0.15, -0.1) is 6.58 Å². The van der Waals surface area contributed by atoms with Crippen LogP contribution in [0.4, 0.5) is 0 Å². The fourth-order valence-electron chi connectivity index (χ4n) is 2.66. The molecule has 1 aliphatic rings. The van der Waals surface area contributed by atoms with E-state index in [1.54, 1.807) is 0 Å². The van der Waals surface area contributed by atoms with Crippen LogP contribution in [0.1, 0.15) is 40.0 Å². The van der Waals surface area contributed by atoms with Crippen molar-refractivity contribution >= 4 is 0 Å². The van der Waals surface area contributed by atoms with E-state index in [4.69, 9.17) is 0 Å². The maximum Gasteiger partial charge on any atom is 0.0641 e. The van der Waals surface area contributed by atoms with E-state index in [9.17, 15) is 5.11 Å². The molecule has 0 aromatic carbocycles. The predicted molar refractivity (Wildman–Crippen MR) is 70.2 cm³/mol. The first-order valence-electron chi connectivity index (χ1n) is 6.02. The van der Waals surface area contributed by atoms with Crippen LogP contribution in [-0.2, 0) is 0 Å². The minimum atomic E-state index is 0.172. The molecule has 16 heavy (non-hydrogen) atoms. The Kier molecular flexibility index (Phi) is 4.15. The summed E-state index contributed by atoms with van der Waals surface area (Å²) in [6.45, 7) is 14.7. The van der Waals surface area contributed by atoms with Gasteiger partial charge in [0.15, 0.2) is 0 Å². The zero-order valence-electron chi connectivity index (χ0n) is 10.8. The minimum absolute atomic E-state index is 0.172. The Morgan fingerprint density at radius 3 is 2.62 bits per heavy atom. The molecule has 0 saturated heterocycles. The Labute approximate surface area is 99.6 Å². The van der Waals surface area contributed by atoms with E-state index >= 15 is 0 Å². The molecule has 1 heteroatoms. The maximum absolute atomic E-state index is 9.20. The Bertz CT molecular complexity index is 324. The van der Waals surface area contributed by atoms with Crippen LogP contribution >= 0.6 is 0 Å². The van der Waals surface area contributed by atoms with Crippen molar-refractivity contribution in [3.8, 4) is 0 Å². The molecule has 0 spiro atoms. The van der Waals surface area contributed by atoms with Crippen LogP contribution in [0.15, 0.2) is 36.0 Å². The van der Waals surface area contributed by atoms with E-state index in [1.165, 1.54) is 11.1 Å². The van der Waals surface area contributed by atoms with Crippen molar-refractivity contribution in [1.29, 1.82) is 0 Å². The normalized spacial score (nSPS) is 33.4. The van der Waals surface area contributed by atoms with E-state index in [2.05, 4.69) is 33.1 Å². The molecule has 0 aromatic heterocycles. The van der Waals surface area contributed by atoms with Crippen LogP contribution in [0.3, 0.4) is 0 Å². The molecule has 1 rings (SSSR count). The van der Waals surface area contributed by atoms with Crippen LogP contribution < -0.4 is 0 Å². The zero-order valence-corrected chi connectivity index (χ0v) is 10.8. The number of aliphatic hydroxyl groups excluding tert-OH is 1. The first kappa shape index (κ1) is 13.2. The van der Waals surface area contributed by atoms with Gasteiger partial charge in [0.2, 0.25) is 0 Å². The average molecular weight is 220 g/mol. The summed E-state index contributed by atoms with van der Waals surface area (Å²) < 4.78 is 0. The van der Waals surface area contributed by atoms with Gasteiger partial charge in [-0.2, -0.15) is 0 Å². The molecule has 1 saturated carbocycles. The highest BCUT2D eigenvalue weighted by Gasteiger charge is 2.36. The third-order valence-corrected chi connectivity index (χ3v) is 4.11. The van der Waals surface area contributed by atoms with Gasteiger partial charge in [-0.1, -0.05) is 30.7 Å². The van der Waals surface area contributed by atoms with Crippen LogP contribution in [0, 0.1) is 11.3 Å². The fourth-order valence-corrected chi connectivity index (χ4v) is 2.66. The standard InChI is InChI=1S/C15H24O/c1-6-15(5)8-7-13(12(4)10-16)9-14(15)11(2)3/h6,14,16H,1-2,7-10H2,3-5H3/b13-12+/t14-,15+/m0/s1. The van der Waals surface area contributed by atoms with Crippen LogP contribution in [0.2, 0.25) is 0 Å². The molecule has 0 aliphatic heterocycles. The SMILES string of the molecule is C=C[C@]1(C)CC/C(=C(/C)CO)C[C@H]1C(=C)C. The maximum atomic E-state index is 9.20. The second kappa shape index (κ2) is 5.01. The summed E-state index contributed by atoms with van der Waals surface area (Å²) in [5.41, 5.74) is 3.95. The van der Waals surface area contributed by atoms with Crippen molar-refractivity contribution in [2.45, 2.75) is 40.0 Å². The molecule has 1 N–H and O–H groups in total. The van der Waals surface area contributed by atoms with E-state index in [0.29, 0.717) is 5.92 Å². The summed E-state index contributed by atoms with van der Waals surface area (Å²) in [5, 5.41) is 9.20. The highest BCUT2D eigenvalue weighted by molar-refractivity contribution is 5.23. The van der Waals surface area contributed by atoms with Gasteiger partial charge in [0.25, 0.3) is 0 Å². The van der Waals surface area contributed by atoms with Crippen LogP contribution in [-0.4, -0.2) is 11.7 Å². The minimum Gasteiger partial charge on any atom is -0.392 e. The molecular weight excluding hydrogens is 196 g/mol. The van der Waals surface area contributed by atoms with Crippen molar-refractivity contribution in [3.63, 3.8) is 0 Å². The number of rotatable bonds is 3. The van der Waals surface area contributed by atoms with Crippen molar-refractivity contribution in [1.82, 2.24) is 0 Å². The molecule has 90 valence electrons. The second-order valence-corrected chi connectivity index (χ2v) is 5.36. The van der Waals surface area contributed by atoms with Gasteiger partial charge in [0.1, 0.15) is 0 Å². The van der Waals surface area contributed by atoms with Gasteiger partial charge in [-0.05, 0) is 50.0 Å². The van der Waals surface area contributed by atoms with Gasteiger partial charge >= 0.3 is 0 Å². The summed E-state index contributed by atoms with van der Waals surface area (Å²) in [6, 6.07) is 0. The lowest BCUT2D eigenvalue weighted by Gasteiger charge is -2.41. The molecule has 0 unspecified atom stereocenters. The van der Waals surface area contributed by atoms with Crippen molar-refractivity contribution in [2.75, 3.05) is 6.61 Å². The van der Waals surface area contributed by atoms with Gasteiger partial charge in [0.05, 0.1) is 6.61 Å². The Hall–Kier alpha value is -0.820. The molecule has 1 fully saturated rings. The lowest BCUT2D eigenvalue weighted by molar-refractivity contribution is 0.235. The van der Waals surface area contributed by atoms with Crippen LogP contribution in [0.5, 0.6) is 0 Å². The number of hydrogen-bond acceptors (Lipinski definition) is 1. The molecule has 0 heterocycles. The molecule has 2 atom stereocenters. The smallest absolute Gasteiger partial charge is 0.0641 e. The quantitative estimate of drug-likeness (QED) is 0.716. The third kappa shape index (κ3) is 2.46. The number of hydrogen-bond donors (Lipinski definition) is 1. The first-order chi connectivity index (χ1) is 7.44. The Morgan fingerprint density at radius 2 is 2.19 bits per heavy atom. The summed E-state index contributed by atoms with van der Waals surface area (Å²) in [6.07, 6.45) is 5.31. The number of allylic oxidation sites excluding steroid dienone is 3. The molecule has 1 aliphatic carbocycles. The summed E-state index contributed by atoms with van der Waals surface area (Å²) in [7, 11) is 0. The van der Waals surface area contributed by atoms with E-state index in [0.717, 1.165) is 24.8 Å². The van der Waals surface area contributed by atoms with E-state index < -0.39 is 0 Å². The average Bonchev–Trinajstić information content (AvgIpc) is 2.28. The summed E-state index contributed by atoms with van der Waals surface area (Å²) >= 11 is 0. The molecule has 0 radical (unpaired) electrons. The van der Waals surface area contributed by atoms with Gasteiger partial charge in [0, 0.05) is 0 Å². The highest BCUT2D eigenvalue weighted by atomic mass is 16.3. The highest BCUT2D eigenvalue weighted by Crippen LogP contribution is 2.47. The van der Waals surface area contributed by atoms with Crippen molar-refractivity contribution in [3.05, 3.63) is 36.0 Å². The second-order valence-electron chi connectivity index (χ2n) is 5.36. The fraction of sp³-hybridized carbons (Fsp3) is 0.600. The molecular formula is C15H24O. The predicted octanol–water partition coefficient (Wildman–Crippen LogP) is 3.86. The Morgan fingerprint density at radius 1 is 1.56 bits per heavy atom. The van der Waals surface area contributed by atoms with Gasteiger partial charge in [-0.25, -0.2) is 0 Å². The van der Waals surface area contributed by atoms with E-state index in [-0.39, 0.29) is 12.0 Å². The van der Waals surface area contributed by atoms with Crippen molar-refractivity contribution < 1.29 is 5.11 Å². The lowest BCUT2D eigenvalue weighted by atomic mass is 9.63. The molecule has 0 bridgehead atoms. The molecule has 0 amide bonds. The van der Waals surface area contributed by atoms with Crippen LogP contribution in [0.25, 0.3) is 0 Å². The summed E-state index contributed by atoms with van der Waals surface area (Å²) in [4.78, 5) is 0. The number of aliphatic hydroxyl groups is 1. The zero-order chi connectivity index (χ0) is 12.3. The van der Waals surface area contributed by atoms with Gasteiger partial charge < -0.3 is 5.11 Å². The Balaban J connectivity index is 2.98. The van der Waals surface area contributed by atoms with E-state index in [1.807, 2.05) is 6.92 Å². The van der Waals surface area contributed by atoms with Gasteiger partial charge in [-0.3, -0.25) is 0 Å². The monoisotopic (exact) mass is 220 g/mol. The van der Waals surface area contributed by atoms with Crippen molar-refractivity contribution in [2.24, 2.45) is 11.3 Å². The molecule has 0 aromatic rings. The largest absolute Gasteiger partial charge is 0.392 e. The molecule has 1 nitrogen and oxygen atoms in total. The first-order valence-corrected chi connectivity index (χ1v) is 6.02. The topological polar surface area (TPSA) is 20.2 Å². The lowest BCUT2D eigenvalue weighted by Crippen LogP contribution is -2.30. The third-order valence-electron chi connectivity index (χ3n) is 4.11.